The van der Waals surface area contributed by atoms with E-state index in [1.807, 2.05) is 53.7 Å². The zero-order chi connectivity index (χ0) is 25.6. The third-order valence-corrected chi connectivity index (χ3v) is 6.75. The molecule has 0 aliphatic carbocycles. The molecule has 4 aromatic carbocycles. The number of nitrogens with zero attached hydrogens (tertiary/aromatic N) is 4. The molecule has 4 aromatic rings. The van der Waals surface area contributed by atoms with Crippen molar-refractivity contribution in [1.82, 2.24) is 0 Å². The van der Waals surface area contributed by atoms with Crippen molar-refractivity contribution in [2.75, 3.05) is 23.0 Å². The monoisotopic (exact) mass is 490 g/mol. The molecule has 0 aromatic heterocycles. The van der Waals surface area contributed by atoms with Crippen molar-refractivity contribution < 1.29 is 4.39 Å². The van der Waals surface area contributed by atoms with Gasteiger partial charge >= 0.3 is 0 Å². The van der Waals surface area contributed by atoms with E-state index in [9.17, 15) is 4.39 Å². The molecule has 186 valence electrons. The summed E-state index contributed by atoms with van der Waals surface area (Å²) in [6.07, 6.45) is 2.62. The molecule has 4 nitrogen and oxygen atoms in total. The lowest BCUT2D eigenvalue weighted by Crippen LogP contribution is -2.21. The summed E-state index contributed by atoms with van der Waals surface area (Å²) in [4.78, 5) is 7.06. The number of anilines is 2. The normalized spacial score (nSPS) is 15.3. The zero-order valence-electron chi connectivity index (χ0n) is 21.3. The fourth-order valence-electron chi connectivity index (χ4n) is 4.72. The van der Waals surface area contributed by atoms with E-state index in [1.54, 1.807) is 0 Å². The second kappa shape index (κ2) is 11.2. The van der Waals surface area contributed by atoms with Gasteiger partial charge in [0, 0.05) is 31.4 Å². The van der Waals surface area contributed by atoms with Crippen LogP contribution in [0.3, 0.4) is 0 Å². The highest BCUT2D eigenvalue weighted by Crippen LogP contribution is 2.37. The largest absolute Gasteiger partial charge is 0.372 e. The minimum Gasteiger partial charge on any atom is -0.372 e. The molecule has 37 heavy (non-hydrogen) atoms. The highest BCUT2D eigenvalue weighted by atomic mass is 19.1. The van der Waals surface area contributed by atoms with Crippen LogP contribution in [0.5, 0.6) is 0 Å². The first-order valence-corrected chi connectivity index (χ1v) is 12.8. The van der Waals surface area contributed by atoms with Gasteiger partial charge in [0.25, 0.3) is 0 Å². The molecule has 0 radical (unpaired) electrons. The molecule has 0 spiro atoms. The van der Waals surface area contributed by atoms with Crippen LogP contribution in [0.1, 0.15) is 43.0 Å². The van der Waals surface area contributed by atoms with Crippen LogP contribution in [0, 0.1) is 5.82 Å². The Balaban J connectivity index is 1.39. The summed E-state index contributed by atoms with van der Waals surface area (Å²) in [5.41, 5.74) is 7.23. The van der Waals surface area contributed by atoms with Crippen LogP contribution in [0.15, 0.2) is 113 Å². The summed E-state index contributed by atoms with van der Waals surface area (Å²) < 4.78 is 13.6. The fourth-order valence-corrected chi connectivity index (χ4v) is 4.72. The second-order valence-electron chi connectivity index (χ2n) is 9.07. The molecule has 0 saturated heterocycles. The first-order chi connectivity index (χ1) is 18.1. The van der Waals surface area contributed by atoms with Gasteiger partial charge in [0.05, 0.1) is 23.1 Å². The lowest BCUT2D eigenvalue weighted by atomic mass is 9.98. The molecule has 5 rings (SSSR count). The summed E-state index contributed by atoms with van der Waals surface area (Å²) in [5.74, 6) is -0.234. The Morgan fingerprint density at radius 1 is 0.892 bits per heavy atom. The smallest absolute Gasteiger partial charge is 0.123 e. The molecule has 5 heteroatoms. The fraction of sp³-hybridized carbons (Fsp3) is 0.188. The number of hydrogen-bond acceptors (Lipinski definition) is 4. The Bertz CT molecular complexity index is 1370. The summed E-state index contributed by atoms with van der Waals surface area (Å²) in [7, 11) is 0. The molecular weight excluding hydrogens is 459 g/mol. The van der Waals surface area contributed by atoms with Crippen molar-refractivity contribution in [3.05, 3.63) is 126 Å². The average molecular weight is 491 g/mol. The lowest BCUT2D eigenvalue weighted by Gasteiger charge is -2.23. The van der Waals surface area contributed by atoms with Crippen LogP contribution in [0.25, 0.3) is 0 Å². The lowest BCUT2D eigenvalue weighted by molar-refractivity contribution is 0.624. The zero-order valence-corrected chi connectivity index (χ0v) is 21.3. The van der Waals surface area contributed by atoms with E-state index in [2.05, 4.69) is 67.3 Å². The van der Waals surface area contributed by atoms with Gasteiger partial charge in [-0.25, -0.2) is 4.39 Å². The first-order valence-electron chi connectivity index (χ1n) is 12.8. The van der Waals surface area contributed by atoms with Crippen molar-refractivity contribution in [2.45, 2.75) is 26.3 Å². The number of hydrazone groups is 1. The maximum atomic E-state index is 13.6. The number of hydrogen-bond donors (Lipinski definition) is 0. The molecule has 0 amide bonds. The summed E-state index contributed by atoms with van der Waals surface area (Å²) in [6.45, 7) is 6.32. The van der Waals surface area contributed by atoms with E-state index in [4.69, 9.17) is 10.1 Å². The highest BCUT2D eigenvalue weighted by molar-refractivity contribution is 6.04. The minimum absolute atomic E-state index is 0.00511. The Morgan fingerprint density at radius 2 is 1.62 bits per heavy atom. The standard InChI is InChI=1S/C32H31FN4/c1-3-36(4-2)29-19-13-24(14-20-29)23-34-28-10-8-9-26(21-28)31-22-32(25-15-17-27(33)18-16-25)37(35-31)30-11-6-5-7-12-30/h5-21,23,32H,3-4,22H2,1-2H3. The van der Waals surface area contributed by atoms with Gasteiger partial charge in [0.1, 0.15) is 5.82 Å². The topological polar surface area (TPSA) is 31.2 Å². The Hall–Kier alpha value is -4.25. The molecule has 1 heterocycles. The van der Waals surface area contributed by atoms with Gasteiger partial charge in [-0.2, -0.15) is 5.10 Å². The van der Waals surface area contributed by atoms with Crippen molar-refractivity contribution >= 4 is 29.0 Å². The number of benzene rings is 4. The van der Waals surface area contributed by atoms with Gasteiger partial charge in [-0.05, 0) is 79.1 Å². The Labute approximate surface area is 218 Å². The summed E-state index contributed by atoms with van der Waals surface area (Å²) in [6, 6.07) is 33.5. The van der Waals surface area contributed by atoms with Crippen LogP contribution in [-0.4, -0.2) is 25.0 Å². The van der Waals surface area contributed by atoms with Crippen LogP contribution < -0.4 is 9.91 Å². The van der Waals surface area contributed by atoms with Crippen molar-refractivity contribution in [3.63, 3.8) is 0 Å². The molecule has 1 aliphatic heterocycles. The summed E-state index contributed by atoms with van der Waals surface area (Å²) >= 11 is 0. The van der Waals surface area contributed by atoms with E-state index < -0.39 is 0 Å². The third-order valence-electron chi connectivity index (χ3n) is 6.75. The van der Waals surface area contributed by atoms with Crippen LogP contribution >= 0.6 is 0 Å². The Morgan fingerprint density at radius 3 is 2.32 bits per heavy atom. The molecule has 0 fully saturated rings. The van der Waals surface area contributed by atoms with Gasteiger partial charge in [0.2, 0.25) is 0 Å². The van der Waals surface area contributed by atoms with Gasteiger partial charge in [-0.3, -0.25) is 10.0 Å². The van der Waals surface area contributed by atoms with E-state index in [-0.39, 0.29) is 11.9 Å². The van der Waals surface area contributed by atoms with E-state index in [0.717, 1.165) is 53.3 Å². The van der Waals surface area contributed by atoms with Crippen LogP contribution in [-0.2, 0) is 0 Å². The van der Waals surface area contributed by atoms with E-state index in [1.165, 1.54) is 17.8 Å². The quantitative estimate of drug-likeness (QED) is 0.236. The third kappa shape index (κ3) is 5.61. The number of aliphatic imine (C=N–C) groups is 1. The van der Waals surface area contributed by atoms with Gasteiger partial charge in [-0.1, -0.05) is 54.6 Å². The van der Waals surface area contributed by atoms with Crippen molar-refractivity contribution in [1.29, 1.82) is 0 Å². The Kier molecular flexibility index (Phi) is 7.41. The predicted molar refractivity (Wildman–Crippen MR) is 153 cm³/mol. The second-order valence-corrected chi connectivity index (χ2v) is 9.07. The van der Waals surface area contributed by atoms with E-state index >= 15 is 0 Å². The summed E-state index contributed by atoms with van der Waals surface area (Å²) in [5, 5.41) is 7.05. The number of para-hydroxylation sites is 1. The number of halogens is 1. The van der Waals surface area contributed by atoms with Gasteiger partial charge in [-0.15, -0.1) is 0 Å². The molecular formula is C32H31FN4. The average Bonchev–Trinajstić information content (AvgIpc) is 3.40. The maximum Gasteiger partial charge on any atom is 0.123 e. The highest BCUT2D eigenvalue weighted by Gasteiger charge is 2.30. The minimum atomic E-state index is -0.234. The SMILES string of the molecule is CCN(CC)c1ccc(C=Nc2cccc(C3=NN(c4ccccc4)C(c4ccc(F)cc4)C3)c2)cc1. The molecule has 0 N–H and O–H groups in total. The van der Waals surface area contributed by atoms with Crippen molar-refractivity contribution in [3.8, 4) is 0 Å². The van der Waals surface area contributed by atoms with Gasteiger partial charge < -0.3 is 4.90 Å². The number of rotatable bonds is 8. The molecule has 1 atom stereocenters. The van der Waals surface area contributed by atoms with E-state index in [0.29, 0.717) is 0 Å². The molecule has 1 unspecified atom stereocenters. The predicted octanol–water partition coefficient (Wildman–Crippen LogP) is 7.78. The molecule has 0 bridgehead atoms. The maximum absolute atomic E-state index is 13.6. The van der Waals surface area contributed by atoms with Crippen molar-refractivity contribution in [2.24, 2.45) is 10.1 Å². The molecule has 1 aliphatic rings. The van der Waals surface area contributed by atoms with Gasteiger partial charge in [0.15, 0.2) is 0 Å². The van der Waals surface area contributed by atoms with Crippen LogP contribution in [0.4, 0.5) is 21.5 Å². The first kappa shape index (κ1) is 24.4. The molecule has 0 saturated carbocycles. The van der Waals surface area contributed by atoms with Crippen LogP contribution in [0.2, 0.25) is 0 Å².